The SMILES string of the molecule is CCCCCCCCCCCCCCCCOC[C@@H]1CO[C@@H](COC(=O)CCCCCOS(=O)(=O)c2ccc(C)cc2)C1. The summed E-state index contributed by atoms with van der Waals surface area (Å²) in [5.41, 5.74) is 0.991. The van der Waals surface area contributed by atoms with Gasteiger partial charge in [0.05, 0.1) is 30.8 Å². The van der Waals surface area contributed by atoms with Gasteiger partial charge in [0, 0.05) is 18.9 Å². The first-order chi connectivity index (χ1) is 20.9. The first-order valence-electron chi connectivity index (χ1n) is 17.2. The second-order valence-electron chi connectivity index (χ2n) is 12.3. The normalized spacial score (nSPS) is 17.0. The Morgan fingerprint density at radius 2 is 1.33 bits per heavy atom. The van der Waals surface area contributed by atoms with Crippen molar-refractivity contribution in [1.82, 2.24) is 0 Å². The lowest BCUT2D eigenvalue weighted by Crippen LogP contribution is -2.18. The molecule has 1 aliphatic heterocycles. The van der Waals surface area contributed by atoms with Crippen molar-refractivity contribution in [3.05, 3.63) is 29.8 Å². The van der Waals surface area contributed by atoms with Crippen molar-refractivity contribution in [2.24, 2.45) is 5.92 Å². The summed E-state index contributed by atoms with van der Waals surface area (Å²) in [6, 6.07) is 6.58. The molecule has 2 rings (SSSR count). The van der Waals surface area contributed by atoms with Crippen LogP contribution in [0.3, 0.4) is 0 Å². The summed E-state index contributed by atoms with van der Waals surface area (Å²) in [7, 11) is -3.74. The number of hydrogen-bond acceptors (Lipinski definition) is 7. The molecule has 0 saturated carbocycles. The van der Waals surface area contributed by atoms with Crippen LogP contribution in [0.15, 0.2) is 29.2 Å². The van der Waals surface area contributed by atoms with Crippen molar-refractivity contribution in [3.63, 3.8) is 0 Å². The standard InChI is InChI=1S/C35H60O7S/c1-3-4-5-6-7-8-9-10-11-12-13-14-15-18-25-39-28-32-27-33(40-29-32)30-41-35(36)20-17-16-19-26-42-43(37,38)34-23-21-31(2)22-24-34/h21-24,32-33H,3-20,25-30H2,1-2H3/t32-,33-/m1/s1. The molecule has 7 nitrogen and oxygen atoms in total. The number of hydrogen-bond donors (Lipinski definition) is 0. The Labute approximate surface area is 262 Å². The molecule has 1 aromatic rings. The van der Waals surface area contributed by atoms with E-state index in [0.29, 0.717) is 44.8 Å². The van der Waals surface area contributed by atoms with E-state index in [9.17, 15) is 13.2 Å². The maximum Gasteiger partial charge on any atom is 0.305 e. The largest absolute Gasteiger partial charge is 0.463 e. The van der Waals surface area contributed by atoms with Crippen LogP contribution in [-0.2, 0) is 33.3 Å². The van der Waals surface area contributed by atoms with E-state index in [0.717, 1.165) is 25.0 Å². The second-order valence-corrected chi connectivity index (χ2v) is 13.9. The minimum atomic E-state index is -3.74. The monoisotopic (exact) mass is 624 g/mol. The van der Waals surface area contributed by atoms with Crippen molar-refractivity contribution in [2.75, 3.05) is 33.0 Å². The van der Waals surface area contributed by atoms with E-state index in [1.807, 2.05) is 6.92 Å². The zero-order valence-corrected chi connectivity index (χ0v) is 28.0. The molecule has 1 aromatic carbocycles. The maximum absolute atomic E-state index is 12.2. The van der Waals surface area contributed by atoms with Crippen molar-refractivity contribution < 1.29 is 31.6 Å². The lowest BCUT2D eigenvalue weighted by molar-refractivity contribution is -0.147. The number of esters is 1. The first-order valence-corrected chi connectivity index (χ1v) is 18.6. The number of benzene rings is 1. The predicted molar refractivity (Wildman–Crippen MR) is 173 cm³/mol. The molecule has 1 fully saturated rings. The van der Waals surface area contributed by atoms with E-state index < -0.39 is 10.1 Å². The fraction of sp³-hybridized carbons (Fsp3) is 0.800. The Kier molecular flexibility index (Phi) is 20.9. The molecule has 1 saturated heterocycles. The second kappa shape index (κ2) is 23.8. The molecule has 8 heteroatoms. The topological polar surface area (TPSA) is 88.1 Å². The van der Waals surface area contributed by atoms with Gasteiger partial charge < -0.3 is 14.2 Å². The molecule has 0 aromatic heterocycles. The van der Waals surface area contributed by atoms with Gasteiger partial charge >= 0.3 is 5.97 Å². The number of carbonyl (C=O) groups excluding carboxylic acids is 1. The van der Waals surface area contributed by atoms with Gasteiger partial charge in [0.15, 0.2) is 0 Å². The Morgan fingerprint density at radius 1 is 0.767 bits per heavy atom. The molecule has 0 radical (unpaired) electrons. The summed E-state index contributed by atoms with van der Waals surface area (Å²) in [6.45, 7) is 6.75. The van der Waals surface area contributed by atoms with E-state index in [1.54, 1.807) is 24.3 Å². The third-order valence-electron chi connectivity index (χ3n) is 8.16. The smallest absolute Gasteiger partial charge is 0.305 e. The highest BCUT2D eigenvalue weighted by Crippen LogP contribution is 2.21. The van der Waals surface area contributed by atoms with E-state index >= 15 is 0 Å². The van der Waals surface area contributed by atoms with Gasteiger partial charge in [0.25, 0.3) is 10.1 Å². The van der Waals surface area contributed by atoms with Gasteiger partial charge in [-0.05, 0) is 44.7 Å². The molecule has 0 unspecified atom stereocenters. The van der Waals surface area contributed by atoms with E-state index in [1.165, 1.54) is 83.5 Å². The van der Waals surface area contributed by atoms with Gasteiger partial charge in [0.1, 0.15) is 6.61 Å². The average Bonchev–Trinajstić information content (AvgIpc) is 3.45. The highest BCUT2D eigenvalue weighted by Gasteiger charge is 2.26. The summed E-state index contributed by atoms with van der Waals surface area (Å²) in [4.78, 5) is 12.3. The lowest BCUT2D eigenvalue weighted by atomic mass is 10.0. The highest BCUT2D eigenvalue weighted by atomic mass is 32.2. The van der Waals surface area contributed by atoms with Crippen molar-refractivity contribution >= 4 is 16.1 Å². The number of ether oxygens (including phenoxy) is 3. The van der Waals surface area contributed by atoms with Crippen LogP contribution in [-0.4, -0.2) is 53.5 Å². The number of unbranched alkanes of at least 4 members (excludes halogenated alkanes) is 15. The first kappa shape index (κ1) is 37.7. The van der Waals surface area contributed by atoms with E-state index in [4.69, 9.17) is 18.4 Å². The average molecular weight is 625 g/mol. The quantitative estimate of drug-likeness (QED) is 0.0549. The van der Waals surface area contributed by atoms with Crippen molar-refractivity contribution in [3.8, 4) is 0 Å². The summed E-state index contributed by atoms with van der Waals surface area (Å²) in [5.74, 6) is 0.126. The summed E-state index contributed by atoms with van der Waals surface area (Å²) in [6.07, 6.45) is 22.0. The lowest BCUT2D eigenvalue weighted by Gasteiger charge is -2.11. The summed E-state index contributed by atoms with van der Waals surface area (Å²) >= 11 is 0. The van der Waals surface area contributed by atoms with Crippen LogP contribution in [0.5, 0.6) is 0 Å². The van der Waals surface area contributed by atoms with Crippen LogP contribution in [0.2, 0.25) is 0 Å². The molecule has 1 heterocycles. The molecule has 0 N–H and O–H groups in total. The minimum Gasteiger partial charge on any atom is -0.463 e. The molecule has 0 bridgehead atoms. The highest BCUT2D eigenvalue weighted by molar-refractivity contribution is 7.86. The molecular formula is C35H60O7S. The van der Waals surface area contributed by atoms with Gasteiger partial charge in [-0.15, -0.1) is 0 Å². The Hall–Kier alpha value is -1.48. The van der Waals surface area contributed by atoms with Gasteiger partial charge in [-0.25, -0.2) is 0 Å². The summed E-state index contributed by atoms with van der Waals surface area (Å²) < 4.78 is 46.6. The fourth-order valence-corrected chi connectivity index (χ4v) is 6.35. The zero-order chi connectivity index (χ0) is 31.0. The molecular weight excluding hydrogens is 564 g/mol. The molecule has 2 atom stereocenters. The number of carbonyl (C=O) groups is 1. The van der Waals surface area contributed by atoms with Gasteiger partial charge in [-0.1, -0.05) is 115 Å². The molecule has 1 aliphatic rings. The van der Waals surface area contributed by atoms with Crippen LogP contribution in [0.1, 0.15) is 134 Å². The third kappa shape index (κ3) is 18.8. The van der Waals surface area contributed by atoms with Crippen LogP contribution < -0.4 is 0 Å². The van der Waals surface area contributed by atoms with Gasteiger partial charge in [-0.2, -0.15) is 8.42 Å². The van der Waals surface area contributed by atoms with Crippen LogP contribution >= 0.6 is 0 Å². The van der Waals surface area contributed by atoms with Crippen LogP contribution in [0, 0.1) is 12.8 Å². The van der Waals surface area contributed by atoms with E-state index in [2.05, 4.69) is 6.92 Å². The Balaban J connectivity index is 1.34. The molecule has 43 heavy (non-hydrogen) atoms. The zero-order valence-electron chi connectivity index (χ0n) is 27.2. The van der Waals surface area contributed by atoms with Crippen LogP contribution in [0.4, 0.5) is 0 Å². The Bertz CT molecular complexity index is 932. The van der Waals surface area contributed by atoms with E-state index in [-0.39, 0.29) is 30.2 Å². The molecule has 248 valence electrons. The Morgan fingerprint density at radius 3 is 1.95 bits per heavy atom. The van der Waals surface area contributed by atoms with Crippen molar-refractivity contribution in [2.45, 2.75) is 147 Å². The van der Waals surface area contributed by atoms with Crippen LogP contribution in [0.25, 0.3) is 0 Å². The minimum absolute atomic E-state index is 0.0565. The maximum atomic E-state index is 12.2. The summed E-state index contributed by atoms with van der Waals surface area (Å²) in [5, 5.41) is 0. The molecule has 0 aliphatic carbocycles. The third-order valence-corrected chi connectivity index (χ3v) is 9.49. The number of rotatable bonds is 27. The van der Waals surface area contributed by atoms with Gasteiger partial charge in [0.2, 0.25) is 0 Å². The van der Waals surface area contributed by atoms with Crippen molar-refractivity contribution in [1.29, 1.82) is 0 Å². The number of aryl methyl sites for hydroxylation is 1. The fourth-order valence-electron chi connectivity index (χ4n) is 5.41. The predicted octanol–water partition coefficient (Wildman–Crippen LogP) is 8.71. The molecule has 0 amide bonds. The van der Waals surface area contributed by atoms with Gasteiger partial charge in [-0.3, -0.25) is 8.98 Å². The molecule has 0 spiro atoms.